The Kier molecular flexibility index (Phi) is 3.83. The predicted octanol–water partition coefficient (Wildman–Crippen LogP) is 3.34. The van der Waals surface area contributed by atoms with Crippen LogP contribution in [-0.2, 0) is 6.54 Å². The molecule has 1 aromatic carbocycles. The third-order valence-electron chi connectivity index (χ3n) is 2.12. The maximum atomic E-state index is 5.92. The minimum absolute atomic E-state index is 0.494. The number of hydrogen-bond acceptors (Lipinski definition) is 3. The van der Waals surface area contributed by atoms with E-state index >= 15 is 0 Å². The van der Waals surface area contributed by atoms with Crippen LogP contribution in [0, 0.1) is 0 Å². The van der Waals surface area contributed by atoms with E-state index in [-0.39, 0.29) is 0 Å². The molecule has 0 unspecified atom stereocenters. The lowest BCUT2D eigenvalue weighted by atomic mass is 10.2. The fourth-order valence-electron chi connectivity index (χ4n) is 1.34. The molecule has 16 heavy (non-hydrogen) atoms. The predicted molar refractivity (Wildman–Crippen MR) is 67.7 cm³/mol. The van der Waals surface area contributed by atoms with E-state index in [1.165, 1.54) is 0 Å². The number of benzene rings is 1. The Labute approximate surface area is 104 Å². The highest BCUT2D eigenvalue weighted by Gasteiger charge is 2.03. The van der Waals surface area contributed by atoms with Crippen molar-refractivity contribution in [3.63, 3.8) is 0 Å². The lowest BCUT2D eigenvalue weighted by Crippen LogP contribution is -1.98. The molecule has 2 N–H and O–H groups in total. The average molecular weight is 251 g/mol. The number of nitrogens with two attached hydrogens (primary N) is 1. The van der Waals surface area contributed by atoms with Crippen molar-refractivity contribution in [1.82, 2.24) is 4.98 Å². The molecule has 0 fully saturated rings. The molecule has 82 valence electrons. The number of halogens is 1. The van der Waals surface area contributed by atoms with Gasteiger partial charge in [0.25, 0.3) is 0 Å². The number of rotatable bonds is 3. The Bertz CT molecular complexity index is 474. The molecule has 1 aromatic heterocycles. The van der Waals surface area contributed by atoms with Crippen molar-refractivity contribution in [2.24, 2.45) is 5.73 Å². The van der Waals surface area contributed by atoms with E-state index in [1.807, 2.05) is 30.3 Å². The maximum absolute atomic E-state index is 5.92. The monoisotopic (exact) mass is 250 g/mol. The first kappa shape index (κ1) is 11.5. The molecule has 0 spiro atoms. The molecular formula is C12H11ClN2S. The maximum Gasteiger partial charge on any atom is 0.0410 e. The first-order chi connectivity index (χ1) is 7.79. The summed E-state index contributed by atoms with van der Waals surface area (Å²) in [5.74, 6) is 0. The second kappa shape index (κ2) is 5.34. The van der Waals surface area contributed by atoms with Gasteiger partial charge in [-0.25, -0.2) is 0 Å². The van der Waals surface area contributed by atoms with Crippen LogP contribution in [0.5, 0.6) is 0 Å². The second-order valence-corrected chi connectivity index (χ2v) is 4.79. The molecule has 4 heteroatoms. The van der Waals surface area contributed by atoms with Gasteiger partial charge >= 0.3 is 0 Å². The van der Waals surface area contributed by atoms with Gasteiger partial charge in [0.1, 0.15) is 0 Å². The smallest absolute Gasteiger partial charge is 0.0410 e. The topological polar surface area (TPSA) is 38.9 Å². The van der Waals surface area contributed by atoms with Crippen LogP contribution < -0.4 is 5.73 Å². The van der Waals surface area contributed by atoms with Gasteiger partial charge in [0.2, 0.25) is 0 Å². The Morgan fingerprint density at radius 3 is 2.62 bits per heavy atom. The van der Waals surface area contributed by atoms with Crippen molar-refractivity contribution >= 4 is 23.4 Å². The van der Waals surface area contributed by atoms with Gasteiger partial charge in [-0.05, 0) is 35.9 Å². The summed E-state index contributed by atoms with van der Waals surface area (Å²) in [7, 11) is 0. The normalized spacial score (nSPS) is 10.4. The van der Waals surface area contributed by atoms with E-state index in [9.17, 15) is 0 Å². The van der Waals surface area contributed by atoms with Gasteiger partial charge in [0.05, 0.1) is 0 Å². The number of aromatic nitrogens is 1. The van der Waals surface area contributed by atoms with Crippen LogP contribution in [0.1, 0.15) is 5.56 Å². The zero-order chi connectivity index (χ0) is 11.4. The largest absolute Gasteiger partial charge is 0.326 e. The van der Waals surface area contributed by atoms with Gasteiger partial charge in [0, 0.05) is 33.8 Å². The minimum atomic E-state index is 0.494. The molecule has 2 rings (SSSR count). The average Bonchev–Trinajstić information content (AvgIpc) is 2.33. The summed E-state index contributed by atoms with van der Waals surface area (Å²) in [6.45, 7) is 0.494. The summed E-state index contributed by atoms with van der Waals surface area (Å²) in [4.78, 5) is 6.27. The van der Waals surface area contributed by atoms with Gasteiger partial charge in [-0.1, -0.05) is 23.4 Å². The van der Waals surface area contributed by atoms with Gasteiger partial charge < -0.3 is 5.73 Å². The Hall–Kier alpha value is -1.03. The first-order valence-corrected chi connectivity index (χ1v) is 6.05. The van der Waals surface area contributed by atoms with E-state index in [4.69, 9.17) is 17.3 Å². The summed E-state index contributed by atoms with van der Waals surface area (Å²) in [5.41, 5.74) is 6.75. The van der Waals surface area contributed by atoms with Gasteiger partial charge in [-0.2, -0.15) is 0 Å². The van der Waals surface area contributed by atoms with Crippen molar-refractivity contribution in [2.45, 2.75) is 16.3 Å². The fraction of sp³-hybridized carbons (Fsp3) is 0.0833. The summed E-state index contributed by atoms with van der Waals surface area (Å²) < 4.78 is 0. The third-order valence-corrected chi connectivity index (χ3v) is 3.48. The second-order valence-electron chi connectivity index (χ2n) is 3.24. The highest BCUT2D eigenvalue weighted by Crippen LogP contribution is 2.31. The Morgan fingerprint density at radius 2 is 1.94 bits per heavy atom. The standard InChI is InChI=1S/C12H11ClN2S/c13-10-1-2-12(9(7-10)8-14)16-11-3-5-15-6-4-11/h1-7H,8,14H2. The first-order valence-electron chi connectivity index (χ1n) is 4.86. The SMILES string of the molecule is NCc1cc(Cl)ccc1Sc1ccncc1. The molecule has 1 heterocycles. The molecule has 0 radical (unpaired) electrons. The number of hydrogen-bond donors (Lipinski definition) is 1. The fourth-order valence-corrected chi connectivity index (χ4v) is 2.46. The van der Waals surface area contributed by atoms with Crippen molar-refractivity contribution in [2.75, 3.05) is 0 Å². The van der Waals surface area contributed by atoms with Crippen LogP contribution in [0.4, 0.5) is 0 Å². The lowest BCUT2D eigenvalue weighted by Gasteiger charge is -2.07. The third kappa shape index (κ3) is 2.76. The van der Waals surface area contributed by atoms with Crippen LogP contribution in [0.15, 0.2) is 52.5 Å². The van der Waals surface area contributed by atoms with E-state index in [2.05, 4.69) is 4.98 Å². The van der Waals surface area contributed by atoms with Crippen molar-refractivity contribution < 1.29 is 0 Å². The molecule has 0 amide bonds. The van der Waals surface area contributed by atoms with Crippen LogP contribution in [0.2, 0.25) is 5.02 Å². The summed E-state index contributed by atoms with van der Waals surface area (Å²) in [6, 6.07) is 9.73. The highest BCUT2D eigenvalue weighted by atomic mass is 35.5. The van der Waals surface area contributed by atoms with E-state index in [0.29, 0.717) is 6.54 Å². The zero-order valence-corrected chi connectivity index (χ0v) is 10.1. The molecule has 0 atom stereocenters. The molecule has 0 aliphatic heterocycles. The molecule has 0 saturated heterocycles. The van der Waals surface area contributed by atoms with E-state index in [0.717, 1.165) is 20.4 Å². The molecule has 0 aliphatic rings. The van der Waals surface area contributed by atoms with Crippen LogP contribution in [0.3, 0.4) is 0 Å². The van der Waals surface area contributed by atoms with E-state index < -0.39 is 0 Å². The molecule has 0 aliphatic carbocycles. The van der Waals surface area contributed by atoms with Gasteiger partial charge in [-0.15, -0.1) is 0 Å². The number of pyridine rings is 1. The lowest BCUT2D eigenvalue weighted by molar-refractivity contribution is 1.03. The van der Waals surface area contributed by atoms with Crippen molar-refractivity contribution in [1.29, 1.82) is 0 Å². The van der Waals surface area contributed by atoms with Gasteiger partial charge in [0.15, 0.2) is 0 Å². The molecule has 0 saturated carbocycles. The van der Waals surface area contributed by atoms with E-state index in [1.54, 1.807) is 24.2 Å². The minimum Gasteiger partial charge on any atom is -0.326 e. The van der Waals surface area contributed by atoms with Gasteiger partial charge in [-0.3, -0.25) is 4.98 Å². The van der Waals surface area contributed by atoms with Crippen molar-refractivity contribution in [3.8, 4) is 0 Å². The summed E-state index contributed by atoms with van der Waals surface area (Å²) in [5, 5.41) is 0.722. The quantitative estimate of drug-likeness (QED) is 0.908. The van der Waals surface area contributed by atoms with Crippen LogP contribution >= 0.6 is 23.4 Å². The zero-order valence-electron chi connectivity index (χ0n) is 8.56. The summed E-state index contributed by atoms with van der Waals surface area (Å²) in [6.07, 6.45) is 3.56. The Morgan fingerprint density at radius 1 is 1.19 bits per heavy atom. The molecular weight excluding hydrogens is 240 g/mol. The molecule has 2 aromatic rings. The van der Waals surface area contributed by atoms with Crippen molar-refractivity contribution in [3.05, 3.63) is 53.3 Å². The number of nitrogens with zero attached hydrogens (tertiary/aromatic N) is 1. The highest BCUT2D eigenvalue weighted by molar-refractivity contribution is 7.99. The van der Waals surface area contributed by atoms with Crippen LogP contribution in [-0.4, -0.2) is 4.98 Å². The van der Waals surface area contributed by atoms with Crippen LogP contribution in [0.25, 0.3) is 0 Å². The molecule has 0 bridgehead atoms. The Balaban J connectivity index is 2.28. The molecule has 2 nitrogen and oxygen atoms in total. The summed E-state index contributed by atoms with van der Waals surface area (Å²) >= 11 is 7.59.